The molecule has 128 valence electrons. The minimum atomic E-state index is 0.580. The number of hydrogen-bond acceptors (Lipinski definition) is 3. The zero-order valence-electron chi connectivity index (χ0n) is 14.0. The SMILES string of the molecule is COCCNC(=S)NCc1ccccc1COCc1ccccc1. The minimum absolute atomic E-state index is 0.580. The molecule has 4 nitrogen and oxygen atoms in total. The van der Waals surface area contributed by atoms with Crippen LogP contribution in [-0.2, 0) is 29.2 Å². The Morgan fingerprint density at radius 3 is 2.38 bits per heavy atom. The van der Waals surface area contributed by atoms with Crippen LogP contribution in [0.1, 0.15) is 16.7 Å². The third-order valence-corrected chi connectivity index (χ3v) is 3.81. The van der Waals surface area contributed by atoms with Crippen LogP contribution in [0.4, 0.5) is 0 Å². The lowest BCUT2D eigenvalue weighted by Crippen LogP contribution is -2.36. The Kier molecular flexibility index (Phi) is 8.24. The van der Waals surface area contributed by atoms with E-state index in [0.29, 0.717) is 38.0 Å². The van der Waals surface area contributed by atoms with Crippen LogP contribution in [0.5, 0.6) is 0 Å². The Balaban J connectivity index is 1.80. The highest BCUT2D eigenvalue weighted by atomic mass is 32.1. The normalized spacial score (nSPS) is 10.4. The van der Waals surface area contributed by atoms with Gasteiger partial charge in [-0.3, -0.25) is 0 Å². The third-order valence-electron chi connectivity index (χ3n) is 3.52. The molecule has 0 aliphatic heterocycles. The van der Waals surface area contributed by atoms with Gasteiger partial charge in [0.15, 0.2) is 5.11 Å². The van der Waals surface area contributed by atoms with E-state index in [1.807, 2.05) is 30.3 Å². The smallest absolute Gasteiger partial charge is 0.166 e. The fourth-order valence-electron chi connectivity index (χ4n) is 2.23. The Bertz CT molecular complexity index is 620. The van der Waals surface area contributed by atoms with E-state index in [1.165, 1.54) is 16.7 Å². The van der Waals surface area contributed by atoms with Crippen molar-refractivity contribution in [2.45, 2.75) is 19.8 Å². The predicted molar refractivity (Wildman–Crippen MR) is 101 cm³/mol. The molecule has 0 unspecified atom stereocenters. The maximum atomic E-state index is 5.84. The molecule has 0 bridgehead atoms. The highest BCUT2D eigenvalue weighted by Gasteiger charge is 2.03. The zero-order chi connectivity index (χ0) is 17.0. The second kappa shape index (κ2) is 10.8. The summed E-state index contributed by atoms with van der Waals surface area (Å²) in [6, 6.07) is 18.4. The van der Waals surface area contributed by atoms with Crippen molar-refractivity contribution in [3.8, 4) is 0 Å². The van der Waals surface area contributed by atoms with Crippen molar-refractivity contribution in [1.82, 2.24) is 10.6 Å². The molecule has 0 aromatic heterocycles. The van der Waals surface area contributed by atoms with Gasteiger partial charge in [0.05, 0.1) is 19.8 Å². The van der Waals surface area contributed by atoms with Crippen molar-refractivity contribution in [1.29, 1.82) is 0 Å². The summed E-state index contributed by atoms with van der Waals surface area (Å²) in [4.78, 5) is 0. The maximum Gasteiger partial charge on any atom is 0.166 e. The lowest BCUT2D eigenvalue weighted by atomic mass is 10.1. The topological polar surface area (TPSA) is 42.5 Å². The molecule has 2 aromatic rings. The van der Waals surface area contributed by atoms with E-state index in [1.54, 1.807) is 7.11 Å². The van der Waals surface area contributed by atoms with Crippen LogP contribution in [0.3, 0.4) is 0 Å². The first-order valence-electron chi connectivity index (χ1n) is 7.98. The summed E-state index contributed by atoms with van der Waals surface area (Å²) >= 11 is 5.25. The zero-order valence-corrected chi connectivity index (χ0v) is 14.8. The third kappa shape index (κ3) is 6.66. The molecule has 0 saturated carbocycles. The van der Waals surface area contributed by atoms with Crippen molar-refractivity contribution < 1.29 is 9.47 Å². The lowest BCUT2D eigenvalue weighted by molar-refractivity contribution is 0.106. The van der Waals surface area contributed by atoms with Gasteiger partial charge in [0, 0.05) is 20.2 Å². The van der Waals surface area contributed by atoms with Gasteiger partial charge in [-0.2, -0.15) is 0 Å². The largest absolute Gasteiger partial charge is 0.383 e. The number of rotatable bonds is 9. The van der Waals surface area contributed by atoms with Gasteiger partial charge in [0.1, 0.15) is 0 Å². The van der Waals surface area contributed by atoms with E-state index in [2.05, 4.69) is 34.9 Å². The van der Waals surface area contributed by atoms with Crippen LogP contribution in [-0.4, -0.2) is 25.4 Å². The van der Waals surface area contributed by atoms with Crippen LogP contribution < -0.4 is 10.6 Å². The number of thiocarbonyl (C=S) groups is 1. The molecule has 0 spiro atoms. The minimum Gasteiger partial charge on any atom is -0.383 e. The molecule has 0 aliphatic rings. The van der Waals surface area contributed by atoms with E-state index < -0.39 is 0 Å². The second-order valence-corrected chi connectivity index (χ2v) is 5.76. The Hall–Kier alpha value is -1.95. The van der Waals surface area contributed by atoms with E-state index in [9.17, 15) is 0 Å². The Labute approximate surface area is 149 Å². The van der Waals surface area contributed by atoms with Gasteiger partial charge in [-0.05, 0) is 28.9 Å². The van der Waals surface area contributed by atoms with Gasteiger partial charge in [0.2, 0.25) is 0 Å². The summed E-state index contributed by atoms with van der Waals surface area (Å²) in [7, 11) is 1.67. The first-order valence-corrected chi connectivity index (χ1v) is 8.39. The Morgan fingerprint density at radius 2 is 1.62 bits per heavy atom. The van der Waals surface area contributed by atoms with Crippen molar-refractivity contribution in [3.63, 3.8) is 0 Å². The average molecular weight is 344 g/mol. The molecule has 0 radical (unpaired) electrons. The molecule has 2 aromatic carbocycles. The fourth-order valence-corrected chi connectivity index (χ4v) is 2.40. The number of ether oxygens (including phenoxy) is 2. The number of hydrogen-bond donors (Lipinski definition) is 2. The van der Waals surface area contributed by atoms with E-state index in [-0.39, 0.29) is 0 Å². The number of methoxy groups -OCH3 is 1. The molecule has 0 fully saturated rings. The standard InChI is InChI=1S/C19H24N2O2S/c1-22-12-11-20-19(24)21-13-17-9-5-6-10-18(17)15-23-14-16-7-3-2-4-8-16/h2-10H,11-15H2,1H3,(H2,20,21,24). The van der Waals surface area contributed by atoms with Gasteiger partial charge in [-0.25, -0.2) is 0 Å². The molecule has 2 rings (SSSR count). The summed E-state index contributed by atoms with van der Waals surface area (Å²) in [6.07, 6.45) is 0. The molecule has 0 aliphatic carbocycles. The molecular formula is C19H24N2O2S. The molecule has 2 N–H and O–H groups in total. The molecule has 0 heterocycles. The van der Waals surface area contributed by atoms with Gasteiger partial charge >= 0.3 is 0 Å². The molecule has 0 amide bonds. The summed E-state index contributed by atoms with van der Waals surface area (Å²) < 4.78 is 10.8. The summed E-state index contributed by atoms with van der Waals surface area (Å²) in [5.74, 6) is 0. The molecule has 0 atom stereocenters. The summed E-state index contributed by atoms with van der Waals surface area (Å²) in [6.45, 7) is 3.19. The van der Waals surface area contributed by atoms with Crippen molar-refractivity contribution in [3.05, 3.63) is 71.3 Å². The van der Waals surface area contributed by atoms with Crippen molar-refractivity contribution in [2.24, 2.45) is 0 Å². The second-order valence-electron chi connectivity index (χ2n) is 5.35. The average Bonchev–Trinajstić information content (AvgIpc) is 2.62. The number of nitrogens with one attached hydrogen (secondary N) is 2. The van der Waals surface area contributed by atoms with Gasteiger partial charge in [0.25, 0.3) is 0 Å². The predicted octanol–water partition coefficient (Wildman–Crippen LogP) is 3.01. The summed E-state index contributed by atoms with van der Waals surface area (Å²) in [5.41, 5.74) is 3.53. The number of benzene rings is 2. The summed E-state index contributed by atoms with van der Waals surface area (Å²) in [5, 5.41) is 6.95. The van der Waals surface area contributed by atoms with Crippen LogP contribution in [0.15, 0.2) is 54.6 Å². The highest BCUT2D eigenvalue weighted by Crippen LogP contribution is 2.11. The first-order chi connectivity index (χ1) is 11.8. The first kappa shape index (κ1) is 18.4. The van der Waals surface area contributed by atoms with Gasteiger partial charge in [-0.15, -0.1) is 0 Å². The van der Waals surface area contributed by atoms with Gasteiger partial charge < -0.3 is 20.1 Å². The molecule has 5 heteroatoms. The van der Waals surface area contributed by atoms with Crippen LogP contribution in [0, 0.1) is 0 Å². The molecule has 0 saturated heterocycles. The van der Waals surface area contributed by atoms with Crippen LogP contribution in [0.25, 0.3) is 0 Å². The quantitative estimate of drug-likeness (QED) is 0.541. The molecular weight excluding hydrogens is 320 g/mol. The van der Waals surface area contributed by atoms with Crippen molar-refractivity contribution >= 4 is 17.3 Å². The maximum absolute atomic E-state index is 5.84. The molecule has 24 heavy (non-hydrogen) atoms. The highest BCUT2D eigenvalue weighted by molar-refractivity contribution is 7.80. The van der Waals surface area contributed by atoms with Crippen molar-refractivity contribution in [2.75, 3.05) is 20.3 Å². The van der Waals surface area contributed by atoms with Gasteiger partial charge in [-0.1, -0.05) is 54.6 Å². The van der Waals surface area contributed by atoms with Crippen LogP contribution >= 0.6 is 12.2 Å². The monoisotopic (exact) mass is 344 g/mol. The van der Waals surface area contributed by atoms with E-state index in [0.717, 1.165) is 0 Å². The fraction of sp³-hybridized carbons (Fsp3) is 0.316. The van der Waals surface area contributed by atoms with Crippen LogP contribution in [0.2, 0.25) is 0 Å². The van der Waals surface area contributed by atoms with E-state index in [4.69, 9.17) is 21.7 Å². The lowest BCUT2D eigenvalue weighted by Gasteiger charge is -2.13. The van der Waals surface area contributed by atoms with E-state index >= 15 is 0 Å². The Morgan fingerprint density at radius 1 is 0.917 bits per heavy atom.